The van der Waals surface area contributed by atoms with E-state index >= 15 is 0 Å². The number of rotatable bonds is 7. The first-order valence-electron chi connectivity index (χ1n) is 11.1. The van der Waals surface area contributed by atoms with Crippen LogP contribution in [0.4, 0.5) is 4.79 Å². The molecule has 7 nitrogen and oxygen atoms in total. The quantitative estimate of drug-likeness (QED) is 0.691. The number of amides is 2. The summed E-state index contributed by atoms with van der Waals surface area (Å²) in [6, 6.07) is 15.6. The Labute approximate surface area is 187 Å². The lowest BCUT2D eigenvalue weighted by Crippen LogP contribution is -2.43. The standard InChI is InChI=1S/C25H28N2O5/c1-16(23(28)27-14-6-11-22(27)24(29)30)12-13-26-25(31)32-15-21-19-9-4-2-7-17(19)18-8-3-5-10-20(18)21/h2-5,7-10,16,21-22H,6,11-15H2,1H3,(H,26,31)(H,29,30)/t16?,22-/m0/s1. The SMILES string of the molecule is CC(CCNC(=O)OCC1c2ccccc2-c2ccccc21)C(=O)N1CCC[C@H]1C(=O)O. The van der Waals surface area contributed by atoms with E-state index in [1.807, 2.05) is 24.3 Å². The van der Waals surface area contributed by atoms with Crippen molar-refractivity contribution in [3.63, 3.8) is 0 Å². The zero-order valence-electron chi connectivity index (χ0n) is 18.1. The summed E-state index contributed by atoms with van der Waals surface area (Å²) in [6.45, 7) is 2.76. The molecule has 1 aliphatic heterocycles. The molecule has 2 aromatic rings. The van der Waals surface area contributed by atoms with E-state index in [1.165, 1.54) is 16.0 Å². The van der Waals surface area contributed by atoms with Crippen LogP contribution < -0.4 is 5.32 Å². The van der Waals surface area contributed by atoms with Gasteiger partial charge in [0.1, 0.15) is 12.6 Å². The zero-order valence-corrected chi connectivity index (χ0v) is 18.1. The summed E-state index contributed by atoms with van der Waals surface area (Å²) in [7, 11) is 0. The molecular weight excluding hydrogens is 408 g/mol. The highest BCUT2D eigenvalue weighted by Crippen LogP contribution is 2.44. The number of hydrogen-bond donors (Lipinski definition) is 2. The fourth-order valence-electron chi connectivity index (χ4n) is 4.73. The third-order valence-corrected chi connectivity index (χ3v) is 6.43. The molecule has 0 aromatic heterocycles. The molecule has 32 heavy (non-hydrogen) atoms. The van der Waals surface area contributed by atoms with Crippen molar-refractivity contribution in [1.29, 1.82) is 0 Å². The van der Waals surface area contributed by atoms with Crippen molar-refractivity contribution in [2.75, 3.05) is 19.7 Å². The van der Waals surface area contributed by atoms with Crippen molar-refractivity contribution in [2.24, 2.45) is 5.92 Å². The van der Waals surface area contributed by atoms with Gasteiger partial charge in [0.2, 0.25) is 5.91 Å². The number of alkyl carbamates (subject to hydrolysis) is 1. The third-order valence-electron chi connectivity index (χ3n) is 6.43. The molecule has 1 saturated heterocycles. The first kappa shape index (κ1) is 21.9. The second-order valence-corrected chi connectivity index (χ2v) is 8.47. The van der Waals surface area contributed by atoms with Crippen LogP contribution in [0.1, 0.15) is 43.2 Å². The first-order valence-corrected chi connectivity index (χ1v) is 11.1. The van der Waals surface area contributed by atoms with E-state index in [9.17, 15) is 19.5 Å². The minimum Gasteiger partial charge on any atom is -0.480 e. The minimum atomic E-state index is -0.959. The van der Waals surface area contributed by atoms with Gasteiger partial charge in [-0.15, -0.1) is 0 Å². The molecule has 1 fully saturated rings. The van der Waals surface area contributed by atoms with E-state index in [1.54, 1.807) is 6.92 Å². The smallest absolute Gasteiger partial charge is 0.407 e. The molecule has 2 aromatic carbocycles. The van der Waals surface area contributed by atoms with Gasteiger partial charge in [-0.25, -0.2) is 9.59 Å². The van der Waals surface area contributed by atoms with Gasteiger partial charge in [0.25, 0.3) is 0 Å². The molecule has 0 spiro atoms. The fraction of sp³-hybridized carbons (Fsp3) is 0.400. The van der Waals surface area contributed by atoms with Crippen LogP contribution in [0.2, 0.25) is 0 Å². The predicted octanol–water partition coefficient (Wildman–Crippen LogP) is 3.63. The summed E-state index contributed by atoms with van der Waals surface area (Å²) in [5.41, 5.74) is 4.65. The number of fused-ring (bicyclic) bond motifs is 3. The largest absolute Gasteiger partial charge is 0.480 e. The Morgan fingerprint density at radius 2 is 1.72 bits per heavy atom. The van der Waals surface area contributed by atoms with Crippen molar-refractivity contribution in [3.8, 4) is 11.1 Å². The van der Waals surface area contributed by atoms with Gasteiger partial charge in [0.05, 0.1) is 0 Å². The maximum atomic E-state index is 12.6. The predicted molar refractivity (Wildman–Crippen MR) is 119 cm³/mol. The van der Waals surface area contributed by atoms with E-state index in [-0.39, 0.29) is 30.9 Å². The Bertz CT molecular complexity index is 975. The van der Waals surface area contributed by atoms with E-state index in [2.05, 4.69) is 29.6 Å². The zero-order chi connectivity index (χ0) is 22.7. The average Bonchev–Trinajstić information content (AvgIpc) is 3.41. The van der Waals surface area contributed by atoms with Crippen LogP contribution in [0.5, 0.6) is 0 Å². The molecule has 2 aliphatic rings. The summed E-state index contributed by atoms with van der Waals surface area (Å²) < 4.78 is 5.51. The van der Waals surface area contributed by atoms with Crippen LogP contribution in [-0.2, 0) is 14.3 Å². The van der Waals surface area contributed by atoms with Crippen molar-refractivity contribution < 1.29 is 24.2 Å². The number of nitrogens with one attached hydrogen (secondary N) is 1. The number of benzene rings is 2. The van der Waals surface area contributed by atoms with Gasteiger partial charge >= 0.3 is 12.1 Å². The van der Waals surface area contributed by atoms with Gasteiger partial charge in [0.15, 0.2) is 0 Å². The van der Waals surface area contributed by atoms with Crippen LogP contribution in [0, 0.1) is 5.92 Å². The number of aliphatic carboxylic acids is 1. The number of hydrogen-bond acceptors (Lipinski definition) is 4. The van der Waals surface area contributed by atoms with Crippen molar-refractivity contribution in [1.82, 2.24) is 10.2 Å². The van der Waals surface area contributed by atoms with Gasteiger partial charge in [-0.05, 0) is 41.5 Å². The summed E-state index contributed by atoms with van der Waals surface area (Å²) in [4.78, 5) is 37.6. The molecule has 0 saturated carbocycles. The van der Waals surface area contributed by atoms with E-state index in [0.29, 0.717) is 25.8 Å². The second kappa shape index (κ2) is 9.42. The average molecular weight is 437 g/mol. The lowest BCUT2D eigenvalue weighted by Gasteiger charge is -2.25. The molecule has 0 radical (unpaired) electrons. The highest BCUT2D eigenvalue weighted by Gasteiger charge is 2.35. The Morgan fingerprint density at radius 3 is 2.34 bits per heavy atom. The Morgan fingerprint density at radius 1 is 1.09 bits per heavy atom. The van der Waals surface area contributed by atoms with Gasteiger partial charge in [-0.3, -0.25) is 4.79 Å². The summed E-state index contributed by atoms with van der Waals surface area (Å²) in [5, 5.41) is 12.0. The first-order chi connectivity index (χ1) is 15.5. The molecule has 1 heterocycles. The topological polar surface area (TPSA) is 95.9 Å². The normalized spacial score (nSPS) is 18.0. The molecule has 2 atom stereocenters. The second-order valence-electron chi connectivity index (χ2n) is 8.47. The molecular formula is C25H28N2O5. The van der Waals surface area contributed by atoms with Gasteiger partial charge in [-0.2, -0.15) is 0 Å². The Balaban J connectivity index is 1.26. The fourth-order valence-corrected chi connectivity index (χ4v) is 4.73. The summed E-state index contributed by atoms with van der Waals surface area (Å²) in [6.07, 6.45) is 1.10. The Hall–Kier alpha value is -3.35. The number of carboxylic acid groups (broad SMARTS) is 1. The molecule has 2 amide bonds. The van der Waals surface area contributed by atoms with Crippen LogP contribution in [0.3, 0.4) is 0 Å². The maximum absolute atomic E-state index is 12.6. The van der Waals surface area contributed by atoms with E-state index in [0.717, 1.165) is 11.1 Å². The van der Waals surface area contributed by atoms with Gasteiger partial charge in [-0.1, -0.05) is 55.5 Å². The molecule has 7 heteroatoms. The summed E-state index contributed by atoms with van der Waals surface area (Å²) >= 11 is 0. The minimum absolute atomic E-state index is 0.00299. The number of ether oxygens (including phenoxy) is 1. The van der Waals surface area contributed by atoms with Crippen LogP contribution in [0.15, 0.2) is 48.5 Å². The van der Waals surface area contributed by atoms with Crippen molar-refractivity contribution in [3.05, 3.63) is 59.7 Å². The highest BCUT2D eigenvalue weighted by molar-refractivity contribution is 5.85. The molecule has 0 bridgehead atoms. The van der Waals surface area contributed by atoms with Crippen LogP contribution in [-0.4, -0.2) is 53.7 Å². The molecule has 2 N–H and O–H groups in total. The molecule has 4 rings (SSSR count). The maximum Gasteiger partial charge on any atom is 0.407 e. The molecule has 168 valence electrons. The lowest BCUT2D eigenvalue weighted by molar-refractivity contribution is -0.149. The Kier molecular flexibility index (Phi) is 6.44. The van der Waals surface area contributed by atoms with Crippen LogP contribution >= 0.6 is 0 Å². The molecule has 1 unspecified atom stereocenters. The van der Waals surface area contributed by atoms with Crippen molar-refractivity contribution >= 4 is 18.0 Å². The number of carboxylic acids is 1. The van der Waals surface area contributed by atoms with Gasteiger partial charge in [0, 0.05) is 24.9 Å². The van der Waals surface area contributed by atoms with Crippen LogP contribution in [0.25, 0.3) is 11.1 Å². The monoisotopic (exact) mass is 436 g/mol. The number of carbonyl (C=O) groups is 3. The van der Waals surface area contributed by atoms with E-state index < -0.39 is 18.1 Å². The van der Waals surface area contributed by atoms with Gasteiger partial charge < -0.3 is 20.1 Å². The number of nitrogens with zero attached hydrogens (tertiary/aromatic N) is 1. The third kappa shape index (κ3) is 4.33. The molecule has 1 aliphatic carbocycles. The lowest BCUT2D eigenvalue weighted by atomic mass is 9.98. The highest BCUT2D eigenvalue weighted by atomic mass is 16.5. The van der Waals surface area contributed by atoms with Crippen molar-refractivity contribution in [2.45, 2.75) is 38.1 Å². The summed E-state index contributed by atoms with van der Waals surface area (Å²) in [5.74, 6) is -1.51. The van der Waals surface area contributed by atoms with E-state index in [4.69, 9.17) is 4.74 Å². The number of carbonyl (C=O) groups excluding carboxylic acids is 2. The number of likely N-dealkylation sites (tertiary alicyclic amines) is 1.